The molecule has 0 radical (unpaired) electrons. The molecule has 0 aliphatic carbocycles. The fourth-order valence-electron chi connectivity index (χ4n) is 1.63. The quantitative estimate of drug-likeness (QED) is 0.671. The van der Waals surface area contributed by atoms with Gasteiger partial charge in [0.05, 0.1) is 0 Å². The molecule has 0 aromatic heterocycles. The Hall–Kier alpha value is 0.0900. The van der Waals surface area contributed by atoms with Gasteiger partial charge in [0.25, 0.3) is 0 Å². The predicted molar refractivity (Wildman–Crippen MR) is 64.3 cm³/mol. The Balaban J connectivity index is 1.86. The first-order valence-electron chi connectivity index (χ1n) is 4.93. The molecule has 6 heteroatoms. The summed E-state index contributed by atoms with van der Waals surface area (Å²) in [4.78, 5) is 9.20. The molecule has 14 heavy (non-hydrogen) atoms. The van der Waals surface area contributed by atoms with E-state index in [-0.39, 0.29) is 5.50 Å². The van der Waals surface area contributed by atoms with Gasteiger partial charge in [-0.2, -0.15) is 0 Å². The van der Waals surface area contributed by atoms with Crippen molar-refractivity contribution >= 4 is 26.8 Å². The molecule has 2 aliphatic heterocycles. The molecule has 0 aromatic rings. The summed E-state index contributed by atoms with van der Waals surface area (Å²) in [5, 5.41) is 1.12. The Morgan fingerprint density at radius 1 is 1.43 bits per heavy atom. The Kier molecular flexibility index (Phi) is 3.59. The van der Waals surface area contributed by atoms with Gasteiger partial charge in [0.15, 0.2) is 10.7 Å². The van der Waals surface area contributed by atoms with Crippen LogP contribution >= 0.6 is 21.6 Å². The average Bonchev–Trinajstić information content (AvgIpc) is 2.65. The van der Waals surface area contributed by atoms with Gasteiger partial charge in [-0.05, 0) is 28.1 Å². The van der Waals surface area contributed by atoms with Crippen LogP contribution in [-0.4, -0.2) is 53.2 Å². The van der Waals surface area contributed by atoms with E-state index in [2.05, 4.69) is 21.7 Å². The maximum absolute atomic E-state index is 5.70. The molecule has 2 heterocycles. The summed E-state index contributed by atoms with van der Waals surface area (Å²) in [5.74, 6) is 0. The molecule has 0 spiro atoms. The Labute approximate surface area is 92.7 Å². The molecule has 0 aromatic carbocycles. The molecular formula is C8H16N4S2. The van der Waals surface area contributed by atoms with Crippen LogP contribution in [0.3, 0.4) is 0 Å². The largest absolute Gasteiger partial charge is 0.348 e. The lowest BCUT2D eigenvalue weighted by Crippen LogP contribution is -2.47. The minimum atomic E-state index is -0.0563. The lowest BCUT2D eigenvalue weighted by molar-refractivity contribution is 0.192. The number of hydrogen-bond acceptors (Lipinski definition) is 6. The molecule has 2 rings (SSSR count). The van der Waals surface area contributed by atoms with Crippen molar-refractivity contribution in [2.75, 3.05) is 32.7 Å². The molecule has 80 valence electrons. The average molecular weight is 232 g/mol. The predicted octanol–water partition coefficient (Wildman–Crippen LogP) is 0.617. The molecule has 1 unspecified atom stereocenters. The lowest BCUT2D eigenvalue weighted by Gasteiger charge is -2.34. The summed E-state index contributed by atoms with van der Waals surface area (Å²) in [7, 11) is 3.36. The first-order valence-corrected chi connectivity index (χ1v) is 7.15. The molecule has 1 atom stereocenters. The third-order valence-electron chi connectivity index (χ3n) is 2.55. The van der Waals surface area contributed by atoms with Crippen LogP contribution in [0.4, 0.5) is 0 Å². The second-order valence-corrected chi connectivity index (χ2v) is 5.69. The van der Waals surface area contributed by atoms with Gasteiger partial charge in [0, 0.05) is 26.2 Å². The first kappa shape index (κ1) is 10.6. The van der Waals surface area contributed by atoms with Crippen molar-refractivity contribution in [3.05, 3.63) is 0 Å². The summed E-state index contributed by atoms with van der Waals surface area (Å²) < 4.78 is 0. The fraction of sp³-hybridized carbons (Fsp3) is 0.875. The zero-order chi connectivity index (χ0) is 9.97. The molecule has 0 amide bonds. The number of piperazine rings is 1. The van der Waals surface area contributed by atoms with Gasteiger partial charge in [-0.3, -0.25) is 0 Å². The van der Waals surface area contributed by atoms with Crippen LogP contribution in [0.5, 0.6) is 0 Å². The van der Waals surface area contributed by atoms with Gasteiger partial charge in [0.1, 0.15) is 0 Å². The van der Waals surface area contributed by atoms with Crippen molar-refractivity contribution in [2.45, 2.75) is 12.4 Å². The molecule has 1 saturated heterocycles. The molecule has 0 saturated carbocycles. The highest BCUT2D eigenvalue weighted by Crippen LogP contribution is 2.34. The zero-order valence-electron chi connectivity index (χ0n) is 8.35. The second-order valence-electron chi connectivity index (χ2n) is 3.40. The standard InChI is InChI=1S/C8H16N4S2/c1-2-11-3-5-12(6-4-11)8-10-7(9)13-14-8/h7H,2-6,9H2,1H3. The first-order chi connectivity index (χ1) is 6.79. The van der Waals surface area contributed by atoms with Crippen molar-refractivity contribution in [3.8, 4) is 0 Å². The van der Waals surface area contributed by atoms with Crippen LogP contribution in [-0.2, 0) is 0 Å². The summed E-state index contributed by atoms with van der Waals surface area (Å²) in [6.07, 6.45) is 0. The van der Waals surface area contributed by atoms with Crippen LogP contribution in [0.15, 0.2) is 4.99 Å². The number of rotatable bonds is 1. The van der Waals surface area contributed by atoms with Gasteiger partial charge in [-0.1, -0.05) is 6.92 Å². The zero-order valence-corrected chi connectivity index (χ0v) is 9.98. The van der Waals surface area contributed by atoms with E-state index in [0.29, 0.717) is 0 Å². The maximum atomic E-state index is 5.70. The summed E-state index contributed by atoms with van der Waals surface area (Å²) in [6, 6.07) is 0. The highest BCUT2D eigenvalue weighted by Gasteiger charge is 2.24. The fourth-order valence-corrected chi connectivity index (χ4v) is 3.60. The molecule has 4 nitrogen and oxygen atoms in total. The van der Waals surface area contributed by atoms with E-state index in [1.807, 2.05) is 0 Å². The van der Waals surface area contributed by atoms with Gasteiger partial charge in [-0.25, -0.2) is 4.99 Å². The van der Waals surface area contributed by atoms with E-state index in [0.717, 1.165) is 37.9 Å². The Morgan fingerprint density at radius 3 is 2.64 bits per heavy atom. The number of nitrogens with zero attached hydrogens (tertiary/aromatic N) is 3. The van der Waals surface area contributed by atoms with Crippen LogP contribution < -0.4 is 5.73 Å². The van der Waals surface area contributed by atoms with Gasteiger partial charge in [-0.15, -0.1) is 0 Å². The summed E-state index contributed by atoms with van der Waals surface area (Å²) in [6.45, 7) is 7.84. The number of aliphatic imine (C=N–C) groups is 1. The highest BCUT2D eigenvalue weighted by atomic mass is 33.1. The van der Waals surface area contributed by atoms with Crippen LogP contribution in [0.1, 0.15) is 6.92 Å². The third-order valence-corrected chi connectivity index (χ3v) is 4.79. The smallest absolute Gasteiger partial charge is 0.172 e. The number of hydrogen-bond donors (Lipinski definition) is 1. The minimum absolute atomic E-state index is 0.0563. The van der Waals surface area contributed by atoms with E-state index in [1.165, 1.54) is 0 Å². The van der Waals surface area contributed by atoms with E-state index in [4.69, 9.17) is 5.73 Å². The number of nitrogens with two attached hydrogens (primary N) is 1. The van der Waals surface area contributed by atoms with Gasteiger partial charge < -0.3 is 15.5 Å². The van der Waals surface area contributed by atoms with E-state index in [1.54, 1.807) is 21.6 Å². The second kappa shape index (κ2) is 4.74. The topological polar surface area (TPSA) is 44.9 Å². The van der Waals surface area contributed by atoms with Gasteiger partial charge >= 0.3 is 0 Å². The van der Waals surface area contributed by atoms with E-state index in [9.17, 15) is 0 Å². The summed E-state index contributed by atoms with van der Waals surface area (Å²) >= 11 is 0. The number of likely N-dealkylation sites (N-methyl/N-ethyl adjacent to an activating group) is 1. The van der Waals surface area contributed by atoms with Crippen molar-refractivity contribution < 1.29 is 0 Å². The third kappa shape index (κ3) is 2.36. The molecule has 2 N–H and O–H groups in total. The lowest BCUT2D eigenvalue weighted by atomic mass is 10.3. The van der Waals surface area contributed by atoms with Crippen LogP contribution in [0.25, 0.3) is 0 Å². The Bertz CT molecular complexity index is 225. The van der Waals surface area contributed by atoms with E-state index >= 15 is 0 Å². The highest BCUT2D eigenvalue weighted by molar-refractivity contribution is 8.82. The van der Waals surface area contributed by atoms with Crippen molar-refractivity contribution in [1.82, 2.24) is 9.80 Å². The van der Waals surface area contributed by atoms with Crippen molar-refractivity contribution in [1.29, 1.82) is 0 Å². The normalized spacial score (nSPS) is 29.4. The van der Waals surface area contributed by atoms with Crippen molar-refractivity contribution in [2.24, 2.45) is 10.7 Å². The SMILES string of the molecule is CCN1CCN(C2=NC(N)SS2)CC1. The van der Waals surface area contributed by atoms with Crippen molar-refractivity contribution in [3.63, 3.8) is 0 Å². The monoisotopic (exact) mass is 232 g/mol. The molecule has 1 fully saturated rings. The van der Waals surface area contributed by atoms with Crippen LogP contribution in [0, 0.1) is 0 Å². The summed E-state index contributed by atoms with van der Waals surface area (Å²) in [5.41, 5.74) is 5.65. The van der Waals surface area contributed by atoms with Crippen LogP contribution in [0.2, 0.25) is 0 Å². The molecule has 2 aliphatic rings. The maximum Gasteiger partial charge on any atom is 0.172 e. The van der Waals surface area contributed by atoms with Gasteiger partial charge in [0.2, 0.25) is 0 Å². The Morgan fingerprint density at radius 2 is 2.14 bits per heavy atom. The molecular weight excluding hydrogens is 216 g/mol. The molecule has 0 bridgehead atoms. The minimum Gasteiger partial charge on any atom is -0.348 e. The van der Waals surface area contributed by atoms with E-state index < -0.39 is 0 Å². The number of amidine groups is 1.